The molecule has 4 heterocycles. The number of aromatic nitrogens is 3. The number of pyridine rings is 1. The Morgan fingerprint density at radius 2 is 2.00 bits per heavy atom. The van der Waals surface area contributed by atoms with Crippen LogP contribution in [0.25, 0.3) is 0 Å². The topological polar surface area (TPSA) is 78.2 Å². The van der Waals surface area contributed by atoms with Gasteiger partial charge < -0.3 is 14.5 Å². The summed E-state index contributed by atoms with van der Waals surface area (Å²) in [4.78, 5) is 18.1. The lowest BCUT2D eigenvalue weighted by atomic mass is 10.0. The molecule has 2 aromatic rings. The molecule has 4 rings (SSSR count). The summed E-state index contributed by atoms with van der Waals surface area (Å²) in [5.74, 6) is 2.95. The lowest BCUT2D eigenvalue weighted by molar-refractivity contribution is 0.193. The van der Waals surface area contributed by atoms with E-state index in [0.717, 1.165) is 69.0 Å². The summed E-state index contributed by atoms with van der Waals surface area (Å²) < 4.78 is 5.51. The summed E-state index contributed by atoms with van der Waals surface area (Å²) in [6, 6.07) is 7.97. The molecule has 0 radical (unpaired) electrons. The van der Waals surface area contributed by atoms with Crippen LogP contribution in [-0.4, -0.2) is 54.3 Å². The van der Waals surface area contributed by atoms with Gasteiger partial charge in [-0.05, 0) is 25.5 Å². The van der Waals surface area contributed by atoms with E-state index in [9.17, 15) is 5.26 Å². The van der Waals surface area contributed by atoms with Crippen LogP contribution in [0.4, 0.5) is 11.6 Å². The van der Waals surface area contributed by atoms with Crippen molar-refractivity contribution in [3.05, 3.63) is 41.5 Å². The van der Waals surface area contributed by atoms with Crippen molar-refractivity contribution >= 4 is 11.6 Å². The van der Waals surface area contributed by atoms with Crippen LogP contribution in [0.3, 0.4) is 0 Å². The highest BCUT2D eigenvalue weighted by Crippen LogP contribution is 2.27. The van der Waals surface area contributed by atoms with Crippen LogP contribution in [0.5, 0.6) is 0 Å². The van der Waals surface area contributed by atoms with E-state index in [4.69, 9.17) is 4.74 Å². The molecule has 0 amide bonds. The molecular weight excluding hydrogens is 328 g/mol. The van der Waals surface area contributed by atoms with Crippen molar-refractivity contribution in [3.63, 3.8) is 0 Å². The van der Waals surface area contributed by atoms with E-state index < -0.39 is 0 Å². The van der Waals surface area contributed by atoms with Gasteiger partial charge in [0, 0.05) is 51.0 Å². The Bertz CT molecular complexity index is 819. The predicted molar refractivity (Wildman–Crippen MR) is 98.3 cm³/mol. The van der Waals surface area contributed by atoms with Crippen molar-refractivity contribution in [2.24, 2.45) is 0 Å². The Kier molecular flexibility index (Phi) is 4.67. The van der Waals surface area contributed by atoms with Gasteiger partial charge in [-0.25, -0.2) is 15.0 Å². The molecule has 2 aromatic heterocycles. The maximum Gasteiger partial charge on any atom is 0.146 e. The summed E-state index contributed by atoms with van der Waals surface area (Å²) >= 11 is 0. The minimum absolute atomic E-state index is 0.378. The smallest absolute Gasteiger partial charge is 0.146 e. The van der Waals surface area contributed by atoms with Crippen molar-refractivity contribution in [1.29, 1.82) is 5.26 Å². The first kappa shape index (κ1) is 16.7. The zero-order chi connectivity index (χ0) is 17.9. The van der Waals surface area contributed by atoms with Crippen LogP contribution in [0, 0.1) is 18.3 Å². The van der Waals surface area contributed by atoms with Gasteiger partial charge in [0.2, 0.25) is 0 Å². The first-order valence-electron chi connectivity index (χ1n) is 9.03. The maximum atomic E-state index is 9.29. The van der Waals surface area contributed by atoms with E-state index in [1.807, 2.05) is 13.0 Å². The van der Waals surface area contributed by atoms with Gasteiger partial charge in [0.1, 0.15) is 23.5 Å². The Hall–Kier alpha value is -2.72. The largest absolute Gasteiger partial charge is 0.381 e. The van der Waals surface area contributed by atoms with Gasteiger partial charge in [-0.2, -0.15) is 5.26 Å². The third kappa shape index (κ3) is 3.33. The molecule has 0 saturated carbocycles. The van der Waals surface area contributed by atoms with E-state index in [-0.39, 0.29) is 0 Å². The molecule has 0 aromatic carbocycles. The highest BCUT2D eigenvalue weighted by atomic mass is 16.5. The van der Waals surface area contributed by atoms with Crippen molar-refractivity contribution < 1.29 is 4.74 Å². The quantitative estimate of drug-likeness (QED) is 0.836. The molecule has 0 bridgehead atoms. The van der Waals surface area contributed by atoms with Crippen molar-refractivity contribution in [3.8, 4) is 6.07 Å². The van der Waals surface area contributed by atoms with Gasteiger partial charge in [-0.3, -0.25) is 0 Å². The first-order valence-corrected chi connectivity index (χ1v) is 9.03. The molecule has 7 nitrogen and oxygen atoms in total. The molecule has 7 heteroatoms. The third-order valence-corrected chi connectivity index (χ3v) is 5.00. The van der Waals surface area contributed by atoms with Crippen molar-refractivity contribution in [1.82, 2.24) is 15.0 Å². The Balaban J connectivity index is 1.49. The van der Waals surface area contributed by atoms with Crippen LogP contribution in [-0.2, 0) is 4.74 Å². The van der Waals surface area contributed by atoms with Crippen LogP contribution < -0.4 is 9.80 Å². The number of aryl methyl sites for hydroxylation is 1. The molecule has 0 spiro atoms. The third-order valence-electron chi connectivity index (χ3n) is 5.00. The molecule has 0 unspecified atom stereocenters. The van der Waals surface area contributed by atoms with E-state index in [1.165, 1.54) is 0 Å². The fourth-order valence-corrected chi connectivity index (χ4v) is 3.60. The number of anilines is 2. The molecule has 0 N–H and O–H groups in total. The van der Waals surface area contributed by atoms with Crippen LogP contribution in [0.15, 0.2) is 24.4 Å². The van der Waals surface area contributed by atoms with Gasteiger partial charge in [-0.1, -0.05) is 0 Å². The second-order valence-electron chi connectivity index (χ2n) is 6.72. The summed E-state index contributed by atoms with van der Waals surface area (Å²) in [5, 5.41) is 9.29. The van der Waals surface area contributed by atoms with Crippen molar-refractivity contribution in [2.75, 3.05) is 49.2 Å². The molecule has 2 saturated heterocycles. The standard InChI is InChI=1S/C19H22N6O/c1-14-22-17(16-4-10-26-13-16)11-18(23-14)24-6-8-25(9-7-24)19-15(12-20)3-2-5-21-19/h2-3,5,11,16H,4,6-10,13H2,1H3/t16-/m0/s1. The van der Waals surface area contributed by atoms with Gasteiger partial charge in [0.25, 0.3) is 0 Å². The SMILES string of the molecule is Cc1nc([C@H]2CCOC2)cc(N2CCN(c3ncccc3C#N)CC2)n1. The molecule has 134 valence electrons. The molecule has 2 aliphatic heterocycles. The molecule has 0 aliphatic carbocycles. The Morgan fingerprint density at radius 3 is 2.73 bits per heavy atom. The lowest BCUT2D eigenvalue weighted by Crippen LogP contribution is -2.47. The Morgan fingerprint density at radius 1 is 1.19 bits per heavy atom. The fourth-order valence-electron chi connectivity index (χ4n) is 3.60. The highest BCUT2D eigenvalue weighted by Gasteiger charge is 2.24. The lowest BCUT2D eigenvalue weighted by Gasteiger charge is -2.36. The molecule has 1 atom stereocenters. The van der Waals surface area contributed by atoms with E-state index in [0.29, 0.717) is 11.5 Å². The van der Waals surface area contributed by atoms with Gasteiger partial charge in [-0.15, -0.1) is 0 Å². The molecule has 2 aliphatic rings. The highest BCUT2D eigenvalue weighted by molar-refractivity contribution is 5.55. The summed E-state index contributed by atoms with van der Waals surface area (Å²) in [6.07, 6.45) is 2.77. The Labute approximate surface area is 153 Å². The summed E-state index contributed by atoms with van der Waals surface area (Å²) in [6.45, 7) is 6.84. The molecule has 2 fully saturated rings. The number of hydrogen-bond acceptors (Lipinski definition) is 7. The van der Waals surface area contributed by atoms with Crippen molar-refractivity contribution in [2.45, 2.75) is 19.3 Å². The summed E-state index contributed by atoms with van der Waals surface area (Å²) in [7, 11) is 0. The number of nitrogens with zero attached hydrogens (tertiary/aromatic N) is 6. The minimum atomic E-state index is 0.378. The molecule has 26 heavy (non-hydrogen) atoms. The number of ether oxygens (including phenoxy) is 1. The average Bonchev–Trinajstić information content (AvgIpc) is 3.22. The van der Waals surface area contributed by atoms with Crippen LogP contribution in [0.1, 0.15) is 29.4 Å². The zero-order valence-electron chi connectivity index (χ0n) is 14.9. The van der Waals surface area contributed by atoms with Gasteiger partial charge >= 0.3 is 0 Å². The second-order valence-corrected chi connectivity index (χ2v) is 6.72. The van der Waals surface area contributed by atoms with Gasteiger partial charge in [0.05, 0.1) is 17.9 Å². The van der Waals surface area contributed by atoms with Crippen LogP contribution in [0.2, 0.25) is 0 Å². The fraction of sp³-hybridized carbons (Fsp3) is 0.474. The molecular formula is C19H22N6O. The van der Waals surface area contributed by atoms with E-state index in [1.54, 1.807) is 12.3 Å². The average molecular weight is 350 g/mol. The zero-order valence-corrected chi connectivity index (χ0v) is 14.9. The maximum absolute atomic E-state index is 9.29. The van der Waals surface area contributed by atoms with Gasteiger partial charge in [0.15, 0.2) is 0 Å². The van der Waals surface area contributed by atoms with E-state index >= 15 is 0 Å². The first-order chi connectivity index (χ1) is 12.7. The van der Waals surface area contributed by atoms with E-state index in [2.05, 4.69) is 36.9 Å². The normalized spacial score (nSPS) is 20.2. The number of piperazine rings is 1. The number of hydrogen-bond donors (Lipinski definition) is 0. The predicted octanol–water partition coefficient (Wildman–Crippen LogP) is 1.88. The number of rotatable bonds is 3. The monoisotopic (exact) mass is 350 g/mol. The number of nitriles is 1. The minimum Gasteiger partial charge on any atom is -0.381 e. The summed E-state index contributed by atoms with van der Waals surface area (Å²) in [5.41, 5.74) is 1.71. The van der Waals surface area contributed by atoms with Crippen LogP contribution >= 0.6 is 0 Å². The second kappa shape index (κ2) is 7.26.